The average molecular weight is 1180 g/mol. The van der Waals surface area contributed by atoms with Gasteiger partial charge in [0.2, 0.25) is 0 Å². The molecule has 0 aliphatic carbocycles. The van der Waals surface area contributed by atoms with E-state index in [1.165, 1.54) is 16.7 Å². The van der Waals surface area contributed by atoms with Crippen LogP contribution in [-0.2, 0) is 51.0 Å². The van der Waals surface area contributed by atoms with Crippen molar-refractivity contribution < 1.29 is 39.5 Å². The Morgan fingerprint density at radius 3 is 1.83 bits per heavy atom. The van der Waals surface area contributed by atoms with E-state index in [4.69, 9.17) is 28.4 Å². The van der Waals surface area contributed by atoms with Gasteiger partial charge in [-0.05, 0) is 90.5 Å². The number of aromatic nitrogens is 3. The quantitative estimate of drug-likeness (QED) is 0.115. The summed E-state index contributed by atoms with van der Waals surface area (Å²) in [6.07, 6.45) is 3.75. The van der Waals surface area contributed by atoms with Crippen molar-refractivity contribution >= 4 is 71.4 Å². The third-order valence-corrected chi connectivity index (χ3v) is 14.1. The molecule has 8 aromatic rings. The third kappa shape index (κ3) is 10.6. The molecule has 1 saturated heterocycles. The predicted molar refractivity (Wildman–Crippen MR) is 308 cm³/mol. The fourth-order valence-electron chi connectivity index (χ4n) is 9.75. The molecule has 1 fully saturated rings. The molecule has 0 N–H and O–H groups in total. The van der Waals surface area contributed by atoms with Crippen molar-refractivity contribution in [1.29, 1.82) is 0 Å². The normalized spacial score (nSPS) is 14.7. The van der Waals surface area contributed by atoms with Gasteiger partial charge in [-0.3, -0.25) is 0 Å². The maximum Gasteiger partial charge on any atom is 0.468 e. The molecule has 13 heteroatoms. The SMILES string of the molecule is Cc1ncc(N2[CH-]N(c3c(B4OB(C(C)(C)C)OB(C(C)(C)C)O4)cccc3-c3cc(C(C)(C)C)cc(C(C)(C)C)c3)c3ccccc32)[c-]c1Oc1[c-]c2c(cc1)c1ccccc1n2-c1cc(C(C)(C)C)ccn1.[Pt]. The van der Waals surface area contributed by atoms with Crippen LogP contribution in [-0.4, -0.2) is 35.9 Å². The summed E-state index contributed by atoms with van der Waals surface area (Å²) in [5.41, 5.74) is 12.7. The van der Waals surface area contributed by atoms with Gasteiger partial charge in [-0.15, -0.1) is 30.3 Å². The Morgan fingerprint density at radius 2 is 1.20 bits per heavy atom. The molecular weight excluding hydrogens is 1110 g/mol. The van der Waals surface area contributed by atoms with Gasteiger partial charge in [0.25, 0.3) is 0 Å². The molecule has 0 radical (unpaired) electrons. The Kier molecular flexibility index (Phi) is 14.3. The summed E-state index contributed by atoms with van der Waals surface area (Å²) >= 11 is 0. The Labute approximate surface area is 461 Å². The molecule has 0 atom stereocenters. The number of hydrogen-bond acceptors (Lipinski definition) is 8. The van der Waals surface area contributed by atoms with Crippen molar-refractivity contribution in [3.8, 4) is 28.4 Å². The number of pyridine rings is 2. The Bertz CT molecular complexity index is 3380. The molecule has 388 valence electrons. The second-order valence-corrected chi connectivity index (χ2v) is 25.4. The molecule has 10 rings (SSSR count). The number of fused-ring (bicyclic) bond motifs is 4. The fourth-order valence-corrected chi connectivity index (χ4v) is 9.75. The Balaban J connectivity index is 0.00000689. The van der Waals surface area contributed by atoms with E-state index in [1.807, 2.05) is 25.4 Å². The average Bonchev–Trinajstić information content (AvgIpc) is 3.89. The standard InChI is InChI=1S/C62H69B3N5O4.Pt/c1-40-55(71-46-28-29-49-48-22-17-18-25-51(48)70(54(49)37-46)56-35-42(30-31-66-56)58(2,3)4)36-45(38-67-40)68-39-69(53-27-20-19-26-52(53)68)57-47(41-32-43(59(5,6)7)34-44(33-41)60(8,9)10)23-21-24-50(57)63-72-64(61(11,12)13)74-65(73-63)62(14,15)16;/h17-35,38-39H,1-16H3;/q-3;. The first kappa shape index (κ1) is 54.2. The van der Waals surface area contributed by atoms with Crippen LogP contribution in [0, 0.1) is 25.7 Å². The number of nitrogens with zero attached hydrogens (tertiary/aromatic N) is 5. The van der Waals surface area contributed by atoms with Crippen LogP contribution >= 0.6 is 0 Å². The summed E-state index contributed by atoms with van der Waals surface area (Å²) in [6.45, 7) is 37.3. The predicted octanol–water partition coefficient (Wildman–Crippen LogP) is 15.6. The molecule has 0 spiro atoms. The summed E-state index contributed by atoms with van der Waals surface area (Å²) < 4.78 is 29.5. The molecule has 3 aromatic heterocycles. The monoisotopic (exact) mass is 1180 g/mol. The van der Waals surface area contributed by atoms with E-state index in [9.17, 15) is 0 Å². The fraction of sp³-hybridized carbons (Fsp3) is 0.339. The van der Waals surface area contributed by atoms with Gasteiger partial charge in [-0.1, -0.05) is 195 Å². The summed E-state index contributed by atoms with van der Waals surface area (Å²) in [5, 5.41) is 1.51. The van der Waals surface area contributed by atoms with Crippen molar-refractivity contribution in [2.75, 3.05) is 9.80 Å². The first-order chi connectivity index (χ1) is 34.7. The minimum Gasteiger partial charge on any atom is -0.507 e. The van der Waals surface area contributed by atoms with Gasteiger partial charge in [0.1, 0.15) is 5.82 Å². The number of aryl methyl sites for hydroxylation is 1. The summed E-state index contributed by atoms with van der Waals surface area (Å²) in [4.78, 5) is 14.3. The number of hydrogen-bond donors (Lipinski definition) is 0. The van der Waals surface area contributed by atoms with Gasteiger partial charge in [-0.25, -0.2) is 4.98 Å². The van der Waals surface area contributed by atoms with Crippen molar-refractivity contribution in [3.05, 3.63) is 163 Å². The zero-order valence-electron chi connectivity index (χ0n) is 46.5. The van der Waals surface area contributed by atoms with Gasteiger partial charge < -0.3 is 37.8 Å². The van der Waals surface area contributed by atoms with Gasteiger partial charge in [0.15, 0.2) is 0 Å². The molecule has 9 nitrogen and oxygen atoms in total. The van der Waals surface area contributed by atoms with E-state index in [0.29, 0.717) is 22.9 Å². The van der Waals surface area contributed by atoms with Crippen molar-refractivity contribution in [2.24, 2.45) is 0 Å². The first-order valence-corrected chi connectivity index (χ1v) is 26.0. The van der Waals surface area contributed by atoms with Crippen molar-refractivity contribution in [2.45, 2.75) is 138 Å². The molecule has 0 bridgehead atoms. The van der Waals surface area contributed by atoms with Crippen molar-refractivity contribution in [3.63, 3.8) is 0 Å². The molecule has 2 aliphatic rings. The largest absolute Gasteiger partial charge is 0.507 e. The molecule has 0 amide bonds. The number of para-hydroxylation sites is 4. The number of rotatable bonds is 7. The molecule has 75 heavy (non-hydrogen) atoms. The van der Waals surface area contributed by atoms with Crippen LogP contribution in [0.2, 0.25) is 10.6 Å². The van der Waals surface area contributed by atoms with Crippen LogP contribution in [0.1, 0.15) is 126 Å². The van der Waals surface area contributed by atoms with E-state index in [0.717, 1.165) is 61.3 Å². The minimum absolute atomic E-state index is 0. The van der Waals surface area contributed by atoms with Gasteiger partial charge in [0.05, 0.1) is 0 Å². The summed E-state index contributed by atoms with van der Waals surface area (Å²) in [5.74, 6) is 1.87. The number of anilines is 4. The molecule has 5 heterocycles. The van der Waals surface area contributed by atoms with E-state index in [-0.39, 0.29) is 47.9 Å². The second kappa shape index (κ2) is 19.7. The topological polar surface area (TPSA) is 74.1 Å². The summed E-state index contributed by atoms with van der Waals surface area (Å²) in [7, 11) is -1.82. The molecule has 0 unspecified atom stereocenters. The van der Waals surface area contributed by atoms with E-state index in [1.54, 1.807) is 0 Å². The van der Waals surface area contributed by atoms with Crippen LogP contribution < -0.4 is 20.0 Å². The van der Waals surface area contributed by atoms with Crippen LogP contribution in [0.3, 0.4) is 0 Å². The molecule has 5 aromatic carbocycles. The maximum atomic E-state index is 6.95. The van der Waals surface area contributed by atoms with Crippen LogP contribution in [0.25, 0.3) is 38.8 Å². The number of benzene rings is 5. The number of ether oxygens (including phenoxy) is 1. The summed E-state index contributed by atoms with van der Waals surface area (Å²) in [6, 6.07) is 46.1. The zero-order valence-corrected chi connectivity index (χ0v) is 48.8. The minimum atomic E-state index is -0.757. The molecule has 0 saturated carbocycles. The Hall–Kier alpha value is -5.64. The van der Waals surface area contributed by atoms with E-state index < -0.39 is 21.4 Å². The van der Waals surface area contributed by atoms with Crippen LogP contribution in [0.5, 0.6) is 11.5 Å². The van der Waals surface area contributed by atoms with Crippen LogP contribution in [0.4, 0.5) is 22.7 Å². The van der Waals surface area contributed by atoms with Crippen LogP contribution in [0.15, 0.2) is 122 Å². The van der Waals surface area contributed by atoms with Gasteiger partial charge in [0, 0.05) is 72.4 Å². The smallest absolute Gasteiger partial charge is 0.468 e. The second-order valence-electron chi connectivity index (χ2n) is 25.4. The van der Waals surface area contributed by atoms with E-state index >= 15 is 0 Å². The maximum absolute atomic E-state index is 6.95. The zero-order chi connectivity index (χ0) is 52.9. The van der Waals surface area contributed by atoms with Gasteiger partial charge >= 0.3 is 21.4 Å². The first-order valence-electron chi connectivity index (χ1n) is 26.0. The molecule has 2 aliphatic heterocycles. The Morgan fingerprint density at radius 1 is 0.587 bits per heavy atom. The third-order valence-electron chi connectivity index (χ3n) is 14.1. The van der Waals surface area contributed by atoms with E-state index in [2.05, 4.69) is 240 Å². The van der Waals surface area contributed by atoms with Gasteiger partial charge in [-0.2, -0.15) is 6.07 Å². The molecular formula is C62H69B3N5O4Pt-3. The van der Waals surface area contributed by atoms with Crippen molar-refractivity contribution in [1.82, 2.24) is 14.5 Å².